The molecule has 0 radical (unpaired) electrons. The minimum absolute atomic E-state index is 0.335. The van der Waals surface area contributed by atoms with Crippen molar-refractivity contribution < 1.29 is 0 Å². The Morgan fingerprint density at radius 1 is 1.00 bits per heavy atom. The third-order valence-electron chi connectivity index (χ3n) is 6.00. The molecule has 0 saturated carbocycles. The van der Waals surface area contributed by atoms with E-state index in [1.165, 1.54) is 58.7 Å². The van der Waals surface area contributed by atoms with Crippen LogP contribution in [0.15, 0.2) is 0 Å². The van der Waals surface area contributed by atoms with Gasteiger partial charge in [-0.05, 0) is 80.6 Å². The topological polar surface area (TPSA) is 13.0 Å². The maximum Gasteiger partial charge on any atom is 0.0350 e. The van der Waals surface area contributed by atoms with Crippen molar-refractivity contribution in [3.05, 3.63) is 0 Å². The van der Waals surface area contributed by atoms with Gasteiger partial charge in [-0.3, -0.25) is 14.7 Å². The quantitative estimate of drug-likeness (QED) is 0.763. The smallest absolute Gasteiger partial charge is 0.0350 e. The van der Waals surface area contributed by atoms with Crippen LogP contribution in [0.2, 0.25) is 0 Å². The minimum atomic E-state index is 0.335. The Morgan fingerprint density at radius 2 is 1.62 bits per heavy atom. The molecule has 4 heteroatoms. The maximum atomic E-state index is 2.80. The normalized spacial score (nSPS) is 26.6. The van der Waals surface area contributed by atoms with E-state index in [-0.39, 0.29) is 0 Å². The van der Waals surface area contributed by atoms with Crippen molar-refractivity contribution in [3.8, 4) is 0 Å². The summed E-state index contributed by atoms with van der Waals surface area (Å²) in [5.41, 5.74) is 0.335. The largest absolute Gasteiger partial charge is 0.308 e. The van der Waals surface area contributed by atoms with E-state index < -0.39 is 0 Å². The highest BCUT2D eigenvalue weighted by Crippen LogP contribution is 2.26. The minimum Gasteiger partial charge on any atom is -0.308 e. The summed E-state index contributed by atoms with van der Waals surface area (Å²) in [7, 11) is 4.43. The number of nitrogens with zero attached hydrogens (tertiary/aromatic N) is 4. The maximum absolute atomic E-state index is 2.80. The third kappa shape index (κ3) is 5.69. The Labute approximate surface area is 151 Å². The number of likely N-dealkylation sites (tertiary alicyclic amines) is 1. The highest BCUT2D eigenvalue weighted by Gasteiger charge is 2.32. The summed E-state index contributed by atoms with van der Waals surface area (Å²) in [5, 5.41) is 0. The van der Waals surface area contributed by atoms with Crippen LogP contribution in [0.5, 0.6) is 0 Å². The molecule has 0 N–H and O–H groups in total. The van der Waals surface area contributed by atoms with Gasteiger partial charge < -0.3 is 4.90 Å². The van der Waals surface area contributed by atoms with Crippen LogP contribution in [0.25, 0.3) is 0 Å². The fraction of sp³-hybridized carbons (Fsp3) is 1.00. The number of piperazine rings is 1. The standard InChI is InChI=1S/C20H42N4/c1-17(2)22-12-13-23(19(16-22)15-21(6)7)14-18-8-10-24(11-9-18)20(3,4)5/h17-19H,8-16H2,1-7H3/t19-/m0/s1. The van der Waals surface area contributed by atoms with Gasteiger partial charge in [0.05, 0.1) is 0 Å². The molecule has 2 fully saturated rings. The predicted octanol–water partition coefficient (Wildman–Crippen LogP) is 2.45. The van der Waals surface area contributed by atoms with E-state index in [0.29, 0.717) is 17.6 Å². The van der Waals surface area contributed by atoms with E-state index in [1.54, 1.807) is 0 Å². The van der Waals surface area contributed by atoms with Gasteiger partial charge in [0.2, 0.25) is 0 Å². The van der Waals surface area contributed by atoms with Crippen molar-refractivity contribution in [2.24, 2.45) is 5.92 Å². The molecular formula is C20H42N4. The van der Waals surface area contributed by atoms with Crippen LogP contribution in [0.1, 0.15) is 47.5 Å². The lowest BCUT2D eigenvalue weighted by Gasteiger charge is -2.47. The Balaban J connectivity index is 1.88. The summed E-state index contributed by atoms with van der Waals surface area (Å²) >= 11 is 0. The second-order valence-corrected chi connectivity index (χ2v) is 9.60. The van der Waals surface area contributed by atoms with Gasteiger partial charge >= 0.3 is 0 Å². The van der Waals surface area contributed by atoms with Crippen LogP contribution in [0.4, 0.5) is 0 Å². The van der Waals surface area contributed by atoms with Crippen molar-refractivity contribution in [2.45, 2.75) is 65.1 Å². The van der Waals surface area contributed by atoms with E-state index >= 15 is 0 Å². The zero-order valence-electron chi connectivity index (χ0n) is 17.4. The number of likely N-dealkylation sites (N-methyl/N-ethyl adjacent to an activating group) is 1. The third-order valence-corrected chi connectivity index (χ3v) is 6.00. The van der Waals surface area contributed by atoms with Gasteiger partial charge in [-0.2, -0.15) is 0 Å². The van der Waals surface area contributed by atoms with E-state index in [9.17, 15) is 0 Å². The first-order chi connectivity index (χ1) is 11.2. The molecule has 4 nitrogen and oxygen atoms in total. The predicted molar refractivity (Wildman–Crippen MR) is 105 cm³/mol. The highest BCUT2D eigenvalue weighted by atomic mass is 15.3. The van der Waals surface area contributed by atoms with E-state index in [1.807, 2.05) is 0 Å². The SMILES string of the molecule is CC(C)N1CCN(CC2CCN(C(C)(C)C)CC2)[C@@H](CN(C)C)C1. The first-order valence-corrected chi connectivity index (χ1v) is 10.0. The Kier molecular flexibility index (Phi) is 7.12. The summed E-state index contributed by atoms with van der Waals surface area (Å²) in [6.45, 7) is 20.5. The fourth-order valence-electron chi connectivity index (χ4n) is 4.34. The summed E-state index contributed by atoms with van der Waals surface area (Å²) in [6.07, 6.45) is 2.74. The van der Waals surface area contributed by atoms with Crippen LogP contribution in [-0.2, 0) is 0 Å². The molecule has 142 valence electrons. The van der Waals surface area contributed by atoms with Gasteiger partial charge in [0.1, 0.15) is 0 Å². The monoisotopic (exact) mass is 338 g/mol. The van der Waals surface area contributed by atoms with Gasteiger partial charge in [-0.1, -0.05) is 0 Å². The van der Waals surface area contributed by atoms with Crippen LogP contribution in [0, 0.1) is 5.92 Å². The van der Waals surface area contributed by atoms with Gasteiger partial charge in [0, 0.05) is 50.3 Å². The molecular weight excluding hydrogens is 296 g/mol. The molecule has 0 bridgehead atoms. The molecule has 2 aliphatic rings. The number of hydrogen-bond acceptors (Lipinski definition) is 4. The molecule has 0 amide bonds. The Morgan fingerprint density at radius 3 is 2.12 bits per heavy atom. The average Bonchev–Trinajstić information content (AvgIpc) is 2.48. The highest BCUT2D eigenvalue weighted by molar-refractivity contribution is 4.88. The van der Waals surface area contributed by atoms with Gasteiger partial charge in [-0.25, -0.2) is 0 Å². The molecule has 0 unspecified atom stereocenters. The van der Waals surface area contributed by atoms with Crippen LogP contribution in [0.3, 0.4) is 0 Å². The lowest BCUT2D eigenvalue weighted by atomic mass is 9.92. The van der Waals surface area contributed by atoms with Gasteiger partial charge in [-0.15, -0.1) is 0 Å². The fourth-order valence-corrected chi connectivity index (χ4v) is 4.34. The molecule has 24 heavy (non-hydrogen) atoms. The lowest BCUT2D eigenvalue weighted by Crippen LogP contribution is -2.59. The summed E-state index contributed by atoms with van der Waals surface area (Å²) < 4.78 is 0. The second-order valence-electron chi connectivity index (χ2n) is 9.60. The Hall–Kier alpha value is -0.160. The van der Waals surface area contributed by atoms with Crippen LogP contribution in [-0.4, -0.2) is 97.1 Å². The molecule has 0 aromatic rings. The molecule has 0 aromatic carbocycles. The summed E-state index contributed by atoms with van der Waals surface area (Å²) in [4.78, 5) is 10.5. The molecule has 1 atom stereocenters. The number of piperidine rings is 1. The molecule has 2 saturated heterocycles. The number of rotatable bonds is 5. The second kappa shape index (κ2) is 8.48. The van der Waals surface area contributed by atoms with Crippen molar-refractivity contribution in [1.82, 2.24) is 19.6 Å². The van der Waals surface area contributed by atoms with Crippen molar-refractivity contribution in [1.29, 1.82) is 0 Å². The molecule has 0 spiro atoms. The Bertz CT molecular complexity index is 366. The molecule has 0 aliphatic carbocycles. The van der Waals surface area contributed by atoms with Gasteiger partial charge in [0.25, 0.3) is 0 Å². The van der Waals surface area contributed by atoms with E-state index in [4.69, 9.17) is 0 Å². The van der Waals surface area contributed by atoms with Crippen LogP contribution < -0.4 is 0 Å². The van der Waals surface area contributed by atoms with Crippen molar-refractivity contribution in [2.75, 3.05) is 59.9 Å². The average molecular weight is 339 g/mol. The van der Waals surface area contributed by atoms with E-state index in [0.717, 1.165) is 5.92 Å². The first kappa shape index (κ1) is 20.2. The zero-order valence-corrected chi connectivity index (χ0v) is 17.4. The van der Waals surface area contributed by atoms with Crippen molar-refractivity contribution in [3.63, 3.8) is 0 Å². The molecule has 2 rings (SSSR count). The lowest BCUT2D eigenvalue weighted by molar-refractivity contribution is 0.0182. The summed E-state index contributed by atoms with van der Waals surface area (Å²) in [5.74, 6) is 0.888. The molecule has 2 aliphatic heterocycles. The first-order valence-electron chi connectivity index (χ1n) is 10.0. The zero-order chi connectivity index (χ0) is 17.9. The van der Waals surface area contributed by atoms with Gasteiger partial charge in [0.15, 0.2) is 0 Å². The number of hydrogen-bond donors (Lipinski definition) is 0. The van der Waals surface area contributed by atoms with Crippen LogP contribution >= 0.6 is 0 Å². The summed E-state index contributed by atoms with van der Waals surface area (Å²) in [6, 6.07) is 1.36. The van der Waals surface area contributed by atoms with E-state index in [2.05, 4.69) is 68.3 Å². The molecule has 0 aromatic heterocycles. The molecule has 2 heterocycles. The van der Waals surface area contributed by atoms with Crippen molar-refractivity contribution >= 4 is 0 Å².